The van der Waals surface area contributed by atoms with Gasteiger partial charge in [-0.2, -0.15) is 0 Å². The molecule has 1 saturated heterocycles. The SMILES string of the molecule is CC(N[C@@H]1CCCNC1)c1nccs1. The number of hydrogen-bond donors (Lipinski definition) is 2. The van der Waals surface area contributed by atoms with Crippen LogP contribution in [0.5, 0.6) is 0 Å². The summed E-state index contributed by atoms with van der Waals surface area (Å²) in [7, 11) is 0. The van der Waals surface area contributed by atoms with Crippen LogP contribution in [-0.2, 0) is 0 Å². The summed E-state index contributed by atoms with van der Waals surface area (Å²) >= 11 is 1.73. The maximum absolute atomic E-state index is 4.32. The molecular formula is C10H17N3S. The minimum atomic E-state index is 0.389. The third-order valence-corrected chi connectivity index (χ3v) is 3.56. The van der Waals surface area contributed by atoms with Crippen molar-refractivity contribution in [2.45, 2.75) is 31.8 Å². The van der Waals surface area contributed by atoms with Crippen LogP contribution in [0.25, 0.3) is 0 Å². The maximum atomic E-state index is 4.32. The van der Waals surface area contributed by atoms with Crippen molar-refractivity contribution in [1.82, 2.24) is 15.6 Å². The third kappa shape index (κ3) is 2.53. The van der Waals surface area contributed by atoms with Gasteiger partial charge in [0.2, 0.25) is 0 Å². The zero-order valence-corrected chi connectivity index (χ0v) is 9.31. The minimum Gasteiger partial charge on any atom is -0.315 e. The van der Waals surface area contributed by atoms with E-state index in [0.717, 1.165) is 6.54 Å². The fraction of sp³-hybridized carbons (Fsp3) is 0.700. The maximum Gasteiger partial charge on any atom is 0.109 e. The van der Waals surface area contributed by atoms with Gasteiger partial charge in [0, 0.05) is 24.2 Å². The molecule has 0 spiro atoms. The van der Waals surface area contributed by atoms with E-state index in [0.29, 0.717) is 12.1 Å². The summed E-state index contributed by atoms with van der Waals surface area (Å²) in [4.78, 5) is 4.32. The first-order valence-electron chi connectivity index (χ1n) is 5.22. The molecular weight excluding hydrogens is 194 g/mol. The molecule has 1 unspecified atom stereocenters. The van der Waals surface area contributed by atoms with E-state index in [1.807, 2.05) is 11.6 Å². The lowest BCUT2D eigenvalue weighted by Gasteiger charge is -2.26. The van der Waals surface area contributed by atoms with Gasteiger partial charge in [0.15, 0.2) is 0 Å². The van der Waals surface area contributed by atoms with Crippen molar-refractivity contribution in [2.75, 3.05) is 13.1 Å². The highest BCUT2D eigenvalue weighted by atomic mass is 32.1. The normalized spacial score (nSPS) is 24.8. The molecule has 2 N–H and O–H groups in total. The summed E-state index contributed by atoms with van der Waals surface area (Å²) in [5.74, 6) is 0. The van der Waals surface area contributed by atoms with E-state index in [2.05, 4.69) is 22.5 Å². The Morgan fingerprint density at radius 3 is 3.29 bits per heavy atom. The Bertz CT molecular complexity index is 254. The Kier molecular flexibility index (Phi) is 3.50. The molecule has 1 fully saturated rings. The molecule has 14 heavy (non-hydrogen) atoms. The van der Waals surface area contributed by atoms with Gasteiger partial charge >= 0.3 is 0 Å². The van der Waals surface area contributed by atoms with Crippen molar-refractivity contribution in [2.24, 2.45) is 0 Å². The van der Waals surface area contributed by atoms with E-state index in [9.17, 15) is 0 Å². The smallest absolute Gasteiger partial charge is 0.109 e. The molecule has 4 heteroatoms. The van der Waals surface area contributed by atoms with Gasteiger partial charge in [-0.3, -0.25) is 0 Å². The zero-order valence-electron chi connectivity index (χ0n) is 8.49. The van der Waals surface area contributed by atoms with Crippen LogP contribution in [0.3, 0.4) is 0 Å². The highest BCUT2D eigenvalue weighted by Gasteiger charge is 2.16. The fourth-order valence-electron chi connectivity index (χ4n) is 1.87. The zero-order chi connectivity index (χ0) is 9.80. The molecule has 1 aliphatic heterocycles. The Labute approximate surface area is 88.9 Å². The molecule has 2 rings (SSSR count). The number of aromatic nitrogens is 1. The average Bonchev–Trinajstić information content (AvgIpc) is 2.72. The van der Waals surface area contributed by atoms with Crippen LogP contribution in [0.2, 0.25) is 0 Å². The van der Waals surface area contributed by atoms with Crippen molar-refractivity contribution in [3.8, 4) is 0 Å². The van der Waals surface area contributed by atoms with Crippen molar-refractivity contribution in [3.05, 3.63) is 16.6 Å². The molecule has 1 aromatic rings. The first-order valence-corrected chi connectivity index (χ1v) is 6.10. The Morgan fingerprint density at radius 1 is 1.71 bits per heavy atom. The minimum absolute atomic E-state index is 0.389. The molecule has 2 atom stereocenters. The molecule has 0 bridgehead atoms. The van der Waals surface area contributed by atoms with Crippen LogP contribution in [0.4, 0.5) is 0 Å². The van der Waals surface area contributed by atoms with Crippen LogP contribution in [-0.4, -0.2) is 24.1 Å². The second-order valence-electron chi connectivity index (χ2n) is 3.80. The molecule has 1 aliphatic rings. The number of thiazole rings is 1. The summed E-state index contributed by atoms with van der Waals surface area (Å²) in [5, 5.41) is 10.2. The largest absolute Gasteiger partial charge is 0.315 e. The third-order valence-electron chi connectivity index (χ3n) is 2.60. The van der Waals surface area contributed by atoms with Gasteiger partial charge in [-0.25, -0.2) is 4.98 Å². The lowest BCUT2D eigenvalue weighted by molar-refractivity contribution is 0.361. The molecule has 0 aliphatic carbocycles. The molecule has 0 aromatic carbocycles. The van der Waals surface area contributed by atoms with E-state index in [-0.39, 0.29) is 0 Å². The number of rotatable bonds is 3. The quantitative estimate of drug-likeness (QED) is 0.796. The number of hydrogen-bond acceptors (Lipinski definition) is 4. The van der Waals surface area contributed by atoms with Crippen LogP contribution in [0.15, 0.2) is 11.6 Å². The number of nitrogens with one attached hydrogen (secondary N) is 2. The van der Waals surface area contributed by atoms with Crippen molar-refractivity contribution in [1.29, 1.82) is 0 Å². The Morgan fingerprint density at radius 2 is 2.64 bits per heavy atom. The van der Waals surface area contributed by atoms with E-state index in [4.69, 9.17) is 0 Å². The molecule has 0 radical (unpaired) electrons. The second-order valence-corrected chi connectivity index (χ2v) is 4.73. The van der Waals surface area contributed by atoms with E-state index < -0.39 is 0 Å². The van der Waals surface area contributed by atoms with E-state index in [1.165, 1.54) is 24.4 Å². The predicted octanol–water partition coefficient (Wildman–Crippen LogP) is 1.55. The molecule has 0 amide bonds. The van der Waals surface area contributed by atoms with E-state index in [1.54, 1.807) is 11.3 Å². The topological polar surface area (TPSA) is 37.0 Å². The van der Waals surface area contributed by atoms with Gasteiger partial charge in [0.25, 0.3) is 0 Å². The molecule has 0 saturated carbocycles. The summed E-state index contributed by atoms with van der Waals surface area (Å²) in [6, 6.07) is 1.00. The average molecular weight is 211 g/mol. The standard InChI is InChI=1S/C10H17N3S/c1-8(10-12-5-6-14-10)13-9-3-2-4-11-7-9/h5-6,8-9,11,13H,2-4,7H2,1H3/t8?,9-/m1/s1. The number of piperidine rings is 1. The van der Waals surface area contributed by atoms with E-state index >= 15 is 0 Å². The van der Waals surface area contributed by atoms with Crippen molar-refractivity contribution >= 4 is 11.3 Å². The van der Waals surface area contributed by atoms with Gasteiger partial charge in [0.05, 0.1) is 6.04 Å². The highest BCUT2D eigenvalue weighted by molar-refractivity contribution is 7.09. The van der Waals surface area contributed by atoms with Gasteiger partial charge < -0.3 is 10.6 Å². The fourth-order valence-corrected chi connectivity index (χ4v) is 2.52. The molecule has 1 aromatic heterocycles. The van der Waals surface area contributed by atoms with Crippen LogP contribution >= 0.6 is 11.3 Å². The molecule has 78 valence electrons. The lowest BCUT2D eigenvalue weighted by Crippen LogP contribution is -2.43. The second kappa shape index (κ2) is 4.87. The predicted molar refractivity (Wildman–Crippen MR) is 59.6 cm³/mol. The monoisotopic (exact) mass is 211 g/mol. The van der Waals surface area contributed by atoms with Gasteiger partial charge in [-0.05, 0) is 26.3 Å². The van der Waals surface area contributed by atoms with Crippen LogP contribution in [0.1, 0.15) is 30.8 Å². The van der Waals surface area contributed by atoms with Crippen molar-refractivity contribution < 1.29 is 0 Å². The first-order chi connectivity index (χ1) is 6.86. The van der Waals surface area contributed by atoms with Crippen LogP contribution < -0.4 is 10.6 Å². The Balaban J connectivity index is 1.84. The molecule has 3 nitrogen and oxygen atoms in total. The van der Waals surface area contributed by atoms with Gasteiger partial charge in [-0.15, -0.1) is 11.3 Å². The van der Waals surface area contributed by atoms with Gasteiger partial charge in [-0.1, -0.05) is 0 Å². The summed E-state index contributed by atoms with van der Waals surface area (Å²) in [6.07, 6.45) is 4.43. The van der Waals surface area contributed by atoms with Gasteiger partial charge in [0.1, 0.15) is 5.01 Å². The summed E-state index contributed by atoms with van der Waals surface area (Å²) in [6.45, 7) is 4.45. The first kappa shape index (κ1) is 10.1. The lowest BCUT2D eigenvalue weighted by atomic mass is 10.1. The Hall–Kier alpha value is -0.450. The summed E-state index contributed by atoms with van der Waals surface area (Å²) in [5.41, 5.74) is 0. The highest BCUT2D eigenvalue weighted by Crippen LogP contribution is 2.16. The number of nitrogens with zero attached hydrogens (tertiary/aromatic N) is 1. The molecule has 2 heterocycles. The van der Waals surface area contributed by atoms with Crippen LogP contribution in [0, 0.1) is 0 Å². The summed E-state index contributed by atoms with van der Waals surface area (Å²) < 4.78 is 0. The van der Waals surface area contributed by atoms with Crippen molar-refractivity contribution in [3.63, 3.8) is 0 Å².